The van der Waals surface area contributed by atoms with Crippen LogP contribution >= 0.6 is 11.6 Å². The molecule has 1 aromatic carbocycles. The summed E-state index contributed by atoms with van der Waals surface area (Å²) in [6, 6.07) is 7.60. The van der Waals surface area contributed by atoms with E-state index in [4.69, 9.17) is 17.3 Å². The van der Waals surface area contributed by atoms with Gasteiger partial charge in [0.1, 0.15) is 0 Å². The highest BCUT2D eigenvalue weighted by Gasteiger charge is 2.16. The highest BCUT2D eigenvalue weighted by atomic mass is 35.5. The molecular formula is C14H20ClN3O. The summed E-state index contributed by atoms with van der Waals surface area (Å²) < 4.78 is 0. The van der Waals surface area contributed by atoms with Crippen LogP contribution in [0.5, 0.6) is 0 Å². The number of piperidine rings is 1. The Bertz CT molecular complexity index is 430. The first kappa shape index (κ1) is 14.3. The van der Waals surface area contributed by atoms with Crippen molar-refractivity contribution in [3.05, 3.63) is 29.3 Å². The van der Waals surface area contributed by atoms with Crippen LogP contribution < -0.4 is 11.1 Å². The lowest BCUT2D eigenvalue weighted by atomic mass is 10.1. The average Bonchev–Trinajstić information content (AvgIpc) is 2.41. The zero-order chi connectivity index (χ0) is 13.7. The Kier molecular flexibility index (Phi) is 5.19. The number of nitrogens with one attached hydrogen (secondary N) is 1. The number of likely N-dealkylation sites (tertiary alicyclic amines) is 1. The van der Waals surface area contributed by atoms with Gasteiger partial charge in [0.2, 0.25) is 5.91 Å². The van der Waals surface area contributed by atoms with Crippen molar-refractivity contribution in [2.45, 2.75) is 25.3 Å². The second-order valence-corrected chi connectivity index (χ2v) is 5.36. The summed E-state index contributed by atoms with van der Waals surface area (Å²) in [5.41, 5.74) is 6.53. The van der Waals surface area contributed by atoms with Gasteiger partial charge >= 0.3 is 0 Å². The van der Waals surface area contributed by atoms with Gasteiger partial charge in [-0.05, 0) is 38.1 Å². The topological polar surface area (TPSA) is 58.4 Å². The van der Waals surface area contributed by atoms with Crippen molar-refractivity contribution in [2.75, 3.05) is 25.0 Å². The summed E-state index contributed by atoms with van der Waals surface area (Å²) in [6.07, 6.45) is 2.53. The predicted molar refractivity (Wildman–Crippen MR) is 78.3 cm³/mol. The number of amides is 1. The van der Waals surface area contributed by atoms with E-state index in [2.05, 4.69) is 10.2 Å². The van der Waals surface area contributed by atoms with Crippen LogP contribution in [0.1, 0.15) is 19.3 Å². The number of hydrogen-bond donors (Lipinski definition) is 2. The first-order valence-electron chi connectivity index (χ1n) is 6.67. The zero-order valence-corrected chi connectivity index (χ0v) is 11.7. The molecule has 4 nitrogen and oxygen atoms in total. The van der Waals surface area contributed by atoms with Crippen molar-refractivity contribution in [3.63, 3.8) is 0 Å². The molecule has 3 N–H and O–H groups in total. The molecule has 0 unspecified atom stereocenters. The van der Waals surface area contributed by atoms with Crippen LogP contribution in [-0.2, 0) is 4.79 Å². The van der Waals surface area contributed by atoms with Gasteiger partial charge in [0.15, 0.2) is 0 Å². The van der Waals surface area contributed by atoms with E-state index in [9.17, 15) is 4.79 Å². The third-order valence-corrected chi connectivity index (χ3v) is 3.76. The highest BCUT2D eigenvalue weighted by molar-refractivity contribution is 6.33. The van der Waals surface area contributed by atoms with E-state index in [1.165, 1.54) is 0 Å². The number of halogens is 1. The third kappa shape index (κ3) is 4.49. The maximum atomic E-state index is 11.9. The van der Waals surface area contributed by atoms with Crippen LogP contribution in [0.3, 0.4) is 0 Å². The van der Waals surface area contributed by atoms with Crippen molar-refractivity contribution < 1.29 is 4.79 Å². The zero-order valence-electron chi connectivity index (χ0n) is 10.9. The lowest BCUT2D eigenvalue weighted by Crippen LogP contribution is -2.40. The SMILES string of the molecule is NC1CCN(CCC(=O)Nc2ccccc2Cl)CC1. The Hall–Kier alpha value is -1.10. The monoisotopic (exact) mass is 281 g/mol. The summed E-state index contributed by atoms with van der Waals surface area (Å²) in [4.78, 5) is 14.1. The minimum absolute atomic E-state index is 0.00275. The lowest BCUT2D eigenvalue weighted by molar-refractivity contribution is -0.116. The molecule has 0 bridgehead atoms. The van der Waals surface area contributed by atoms with Gasteiger partial charge in [-0.2, -0.15) is 0 Å². The maximum absolute atomic E-state index is 11.9. The Morgan fingerprint density at radius 1 is 1.37 bits per heavy atom. The molecule has 104 valence electrons. The van der Waals surface area contributed by atoms with Gasteiger partial charge in [0.05, 0.1) is 10.7 Å². The number of rotatable bonds is 4. The normalized spacial score (nSPS) is 17.4. The molecule has 5 heteroatoms. The maximum Gasteiger partial charge on any atom is 0.225 e. The van der Waals surface area contributed by atoms with Gasteiger partial charge in [-0.25, -0.2) is 0 Å². The van der Waals surface area contributed by atoms with E-state index in [1.54, 1.807) is 12.1 Å². The summed E-state index contributed by atoms with van der Waals surface area (Å²) in [5.74, 6) is 0.00275. The van der Waals surface area contributed by atoms with Crippen LogP contribution in [0.15, 0.2) is 24.3 Å². The fourth-order valence-electron chi connectivity index (χ4n) is 2.21. The van der Waals surface area contributed by atoms with Gasteiger partial charge in [-0.15, -0.1) is 0 Å². The Morgan fingerprint density at radius 3 is 2.74 bits per heavy atom. The molecule has 1 heterocycles. The van der Waals surface area contributed by atoms with E-state index in [0.717, 1.165) is 32.5 Å². The quantitative estimate of drug-likeness (QED) is 0.888. The number of nitrogens with two attached hydrogens (primary N) is 1. The number of para-hydroxylation sites is 1. The highest BCUT2D eigenvalue weighted by Crippen LogP contribution is 2.20. The van der Waals surface area contributed by atoms with Gasteiger partial charge in [-0.3, -0.25) is 4.79 Å². The van der Waals surface area contributed by atoms with Crippen LogP contribution in [0, 0.1) is 0 Å². The van der Waals surface area contributed by atoms with Gasteiger partial charge in [0, 0.05) is 19.0 Å². The number of nitrogens with zero attached hydrogens (tertiary/aromatic N) is 1. The second kappa shape index (κ2) is 6.89. The third-order valence-electron chi connectivity index (χ3n) is 3.44. The summed E-state index contributed by atoms with van der Waals surface area (Å²) in [5, 5.41) is 3.41. The molecule has 0 saturated carbocycles. The average molecular weight is 282 g/mol. The van der Waals surface area contributed by atoms with E-state index < -0.39 is 0 Å². The molecule has 0 spiro atoms. The Morgan fingerprint density at radius 2 is 2.05 bits per heavy atom. The fraction of sp³-hybridized carbons (Fsp3) is 0.500. The molecule has 1 aliphatic rings. The first-order chi connectivity index (χ1) is 9.15. The molecule has 1 amide bonds. The molecule has 1 aromatic rings. The van der Waals surface area contributed by atoms with Crippen molar-refractivity contribution in [1.82, 2.24) is 4.90 Å². The molecule has 0 aliphatic carbocycles. The van der Waals surface area contributed by atoms with Crippen molar-refractivity contribution >= 4 is 23.2 Å². The standard InChI is InChI=1S/C14H20ClN3O/c15-12-3-1-2-4-13(12)17-14(19)7-10-18-8-5-11(16)6-9-18/h1-4,11H,5-10,16H2,(H,17,19). The number of carbonyl (C=O) groups is 1. The Balaban J connectivity index is 1.74. The predicted octanol–water partition coefficient (Wildman–Crippen LogP) is 2.09. The molecular weight excluding hydrogens is 262 g/mol. The van der Waals surface area contributed by atoms with Crippen LogP contribution in [0.25, 0.3) is 0 Å². The van der Waals surface area contributed by atoms with Gasteiger partial charge in [0.25, 0.3) is 0 Å². The van der Waals surface area contributed by atoms with Crippen LogP contribution in [-0.4, -0.2) is 36.5 Å². The van der Waals surface area contributed by atoms with Gasteiger partial charge in [-0.1, -0.05) is 23.7 Å². The van der Waals surface area contributed by atoms with E-state index >= 15 is 0 Å². The molecule has 0 radical (unpaired) electrons. The molecule has 19 heavy (non-hydrogen) atoms. The van der Waals surface area contributed by atoms with E-state index in [0.29, 0.717) is 23.2 Å². The van der Waals surface area contributed by atoms with Crippen molar-refractivity contribution in [1.29, 1.82) is 0 Å². The van der Waals surface area contributed by atoms with E-state index in [1.807, 2.05) is 12.1 Å². The molecule has 1 fully saturated rings. The minimum Gasteiger partial charge on any atom is -0.328 e. The Labute approximate surface area is 118 Å². The van der Waals surface area contributed by atoms with Gasteiger partial charge < -0.3 is 16.0 Å². The fourth-order valence-corrected chi connectivity index (χ4v) is 2.39. The number of anilines is 1. The number of benzene rings is 1. The summed E-state index contributed by atoms with van der Waals surface area (Å²) >= 11 is 5.99. The smallest absolute Gasteiger partial charge is 0.225 e. The largest absolute Gasteiger partial charge is 0.328 e. The molecule has 1 aliphatic heterocycles. The van der Waals surface area contributed by atoms with Crippen molar-refractivity contribution in [3.8, 4) is 0 Å². The first-order valence-corrected chi connectivity index (χ1v) is 7.05. The number of hydrogen-bond acceptors (Lipinski definition) is 3. The van der Waals surface area contributed by atoms with Crippen molar-refractivity contribution in [2.24, 2.45) is 5.73 Å². The summed E-state index contributed by atoms with van der Waals surface area (Å²) in [7, 11) is 0. The van der Waals surface area contributed by atoms with E-state index in [-0.39, 0.29) is 5.91 Å². The number of carbonyl (C=O) groups excluding carboxylic acids is 1. The van der Waals surface area contributed by atoms with Crippen LogP contribution in [0.2, 0.25) is 5.02 Å². The lowest BCUT2D eigenvalue weighted by Gasteiger charge is -2.29. The minimum atomic E-state index is 0.00275. The molecule has 0 atom stereocenters. The second-order valence-electron chi connectivity index (χ2n) is 4.96. The molecule has 2 rings (SSSR count). The van der Waals surface area contributed by atoms with Crippen LogP contribution in [0.4, 0.5) is 5.69 Å². The molecule has 0 aromatic heterocycles. The molecule has 1 saturated heterocycles. The summed E-state index contributed by atoms with van der Waals surface area (Å²) in [6.45, 7) is 2.75.